The maximum Gasteiger partial charge on any atom is 0.273 e. The molecule has 0 aliphatic carbocycles. The van der Waals surface area contributed by atoms with Crippen LogP contribution in [-0.4, -0.2) is 57.1 Å². The van der Waals surface area contributed by atoms with Crippen LogP contribution in [0.3, 0.4) is 0 Å². The number of amides is 2. The van der Waals surface area contributed by atoms with Gasteiger partial charge in [-0.2, -0.15) is 5.10 Å². The van der Waals surface area contributed by atoms with E-state index in [9.17, 15) is 9.59 Å². The third-order valence-electron chi connectivity index (χ3n) is 6.38. The van der Waals surface area contributed by atoms with Gasteiger partial charge in [0.2, 0.25) is 5.91 Å². The second kappa shape index (κ2) is 10.8. The highest BCUT2D eigenvalue weighted by Crippen LogP contribution is 2.27. The van der Waals surface area contributed by atoms with E-state index in [0.717, 1.165) is 40.2 Å². The summed E-state index contributed by atoms with van der Waals surface area (Å²) < 4.78 is 1.92. The van der Waals surface area contributed by atoms with Crippen molar-refractivity contribution < 1.29 is 9.59 Å². The third-order valence-corrected chi connectivity index (χ3v) is 6.38. The minimum atomic E-state index is -0.187. The molecule has 0 spiro atoms. The van der Waals surface area contributed by atoms with Crippen molar-refractivity contribution in [3.8, 4) is 11.4 Å². The number of nitrogens with one attached hydrogen (secondary N) is 2. The molecule has 192 valence electrons. The van der Waals surface area contributed by atoms with Gasteiger partial charge in [0, 0.05) is 55.1 Å². The second-order valence-electron chi connectivity index (χ2n) is 9.26. The molecule has 2 aromatic carbocycles. The fourth-order valence-corrected chi connectivity index (χ4v) is 4.29. The number of benzene rings is 2. The highest BCUT2D eigenvalue weighted by molar-refractivity contribution is 6.05. The van der Waals surface area contributed by atoms with E-state index in [1.807, 2.05) is 75.0 Å². The van der Waals surface area contributed by atoms with Crippen LogP contribution < -0.4 is 10.6 Å². The van der Waals surface area contributed by atoms with Crippen molar-refractivity contribution >= 4 is 28.4 Å². The number of hydrogen-bond acceptors (Lipinski definition) is 6. The number of likely N-dealkylation sites (N-methyl/N-ethyl adjacent to an activating group) is 1. The van der Waals surface area contributed by atoms with Crippen LogP contribution in [0.1, 0.15) is 39.8 Å². The number of aryl methyl sites for hydroxylation is 3. The van der Waals surface area contributed by atoms with Gasteiger partial charge in [-0.15, -0.1) is 0 Å². The molecule has 4 aromatic rings. The average Bonchev–Trinajstić information content (AvgIpc) is 3.24. The van der Waals surface area contributed by atoms with E-state index in [0.29, 0.717) is 29.0 Å². The van der Waals surface area contributed by atoms with E-state index in [1.165, 1.54) is 0 Å². The maximum atomic E-state index is 13.7. The summed E-state index contributed by atoms with van der Waals surface area (Å²) in [5.41, 5.74) is 6.64. The van der Waals surface area contributed by atoms with Crippen molar-refractivity contribution in [3.05, 3.63) is 70.7 Å². The first kappa shape index (κ1) is 25.8. The molecule has 0 aliphatic heterocycles. The normalized spacial score (nSPS) is 11.0. The number of rotatable bonds is 8. The molecule has 0 saturated heterocycles. The van der Waals surface area contributed by atoms with Crippen LogP contribution in [-0.2, 0) is 17.9 Å². The summed E-state index contributed by atoms with van der Waals surface area (Å²) >= 11 is 0. The number of aromatic nitrogens is 4. The van der Waals surface area contributed by atoms with Gasteiger partial charge in [0.15, 0.2) is 5.82 Å². The van der Waals surface area contributed by atoms with E-state index in [1.54, 1.807) is 19.0 Å². The summed E-state index contributed by atoms with van der Waals surface area (Å²) in [4.78, 5) is 36.7. The Labute approximate surface area is 216 Å². The lowest BCUT2D eigenvalue weighted by molar-refractivity contribution is -0.118. The van der Waals surface area contributed by atoms with Crippen LogP contribution in [0.25, 0.3) is 22.3 Å². The Morgan fingerprint density at radius 3 is 2.51 bits per heavy atom. The molecule has 0 radical (unpaired) electrons. The fourth-order valence-electron chi connectivity index (χ4n) is 4.29. The Morgan fingerprint density at radius 2 is 1.81 bits per heavy atom. The Kier molecular flexibility index (Phi) is 7.52. The molecule has 2 aromatic heterocycles. The topological polar surface area (TPSA) is 105 Å². The number of fused-ring (bicyclic) bond motifs is 1. The lowest BCUT2D eigenvalue weighted by Crippen LogP contribution is -2.28. The van der Waals surface area contributed by atoms with Crippen molar-refractivity contribution in [1.29, 1.82) is 0 Å². The molecule has 37 heavy (non-hydrogen) atoms. The highest BCUT2D eigenvalue weighted by Gasteiger charge is 2.21. The van der Waals surface area contributed by atoms with Crippen molar-refractivity contribution in [2.75, 3.05) is 26.0 Å². The van der Waals surface area contributed by atoms with Gasteiger partial charge in [-0.25, -0.2) is 9.97 Å². The van der Waals surface area contributed by atoms with Crippen LogP contribution in [0.5, 0.6) is 0 Å². The molecule has 0 fully saturated rings. The van der Waals surface area contributed by atoms with Gasteiger partial charge in [0.25, 0.3) is 5.91 Å². The van der Waals surface area contributed by atoms with Gasteiger partial charge in [-0.05, 0) is 63.6 Å². The van der Waals surface area contributed by atoms with Crippen LogP contribution in [0, 0.1) is 20.8 Å². The Bertz CT molecular complexity index is 1480. The van der Waals surface area contributed by atoms with Gasteiger partial charge in [0.05, 0.1) is 18.3 Å². The number of hydrogen-bond donors (Lipinski definition) is 2. The Balaban J connectivity index is 1.74. The molecule has 0 aliphatic rings. The molecule has 2 amide bonds. The third kappa shape index (κ3) is 5.61. The number of carbonyl (C=O) groups is 2. The van der Waals surface area contributed by atoms with Crippen molar-refractivity contribution in [2.45, 2.75) is 40.8 Å². The molecule has 9 heteroatoms. The van der Waals surface area contributed by atoms with E-state index < -0.39 is 0 Å². The Morgan fingerprint density at radius 1 is 1.03 bits per heavy atom. The predicted molar refractivity (Wildman–Crippen MR) is 145 cm³/mol. The van der Waals surface area contributed by atoms with Gasteiger partial charge in [0.1, 0.15) is 5.69 Å². The summed E-state index contributed by atoms with van der Waals surface area (Å²) in [6.07, 6.45) is 1.82. The van der Waals surface area contributed by atoms with Crippen LogP contribution >= 0.6 is 0 Å². The van der Waals surface area contributed by atoms with Crippen LogP contribution in [0.2, 0.25) is 0 Å². The van der Waals surface area contributed by atoms with Crippen LogP contribution in [0.15, 0.2) is 42.6 Å². The first-order valence-corrected chi connectivity index (χ1v) is 12.3. The van der Waals surface area contributed by atoms with E-state index in [4.69, 9.17) is 9.97 Å². The molecular formula is C28H33N7O2. The minimum Gasteiger partial charge on any atom is -0.376 e. The fraction of sp³-hybridized carbons (Fsp3) is 0.321. The molecule has 4 rings (SSSR count). The lowest BCUT2D eigenvalue weighted by atomic mass is 10.1. The van der Waals surface area contributed by atoms with Crippen molar-refractivity contribution in [1.82, 2.24) is 30.0 Å². The smallest absolute Gasteiger partial charge is 0.273 e. The van der Waals surface area contributed by atoms with Gasteiger partial charge in [-0.3, -0.25) is 14.3 Å². The van der Waals surface area contributed by atoms with E-state index in [2.05, 4.69) is 15.7 Å². The maximum absolute atomic E-state index is 13.7. The summed E-state index contributed by atoms with van der Waals surface area (Å²) in [6, 6.07) is 11.7. The summed E-state index contributed by atoms with van der Waals surface area (Å²) in [5.74, 6) is 0.152. The van der Waals surface area contributed by atoms with Crippen molar-refractivity contribution in [2.24, 2.45) is 0 Å². The molecule has 9 nitrogen and oxygen atoms in total. The predicted octanol–water partition coefficient (Wildman–Crippen LogP) is 3.87. The molecule has 2 heterocycles. The summed E-state index contributed by atoms with van der Waals surface area (Å²) in [6.45, 7) is 9.37. The minimum absolute atomic E-state index is 0.115. The van der Waals surface area contributed by atoms with Gasteiger partial charge >= 0.3 is 0 Å². The van der Waals surface area contributed by atoms with Crippen molar-refractivity contribution in [3.63, 3.8) is 0 Å². The summed E-state index contributed by atoms with van der Waals surface area (Å²) in [5, 5.41) is 10.9. The van der Waals surface area contributed by atoms with Gasteiger partial charge < -0.3 is 15.5 Å². The zero-order chi connectivity index (χ0) is 26.7. The number of carbonyl (C=O) groups excluding carboxylic acids is 2. The standard InChI is InChI=1S/C28H33N7O2/c1-7-35-19(4)21(14-31-35)16-34(6)28(37)26-23-12-17(2)8-9-24(23)32-27(33-26)20-10-18(3)11-22(13-20)30-15-25(36)29-5/h8-14,30H,7,15-16H2,1-6H3,(H,29,36). The SMILES string of the molecule is CCn1ncc(CN(C)C(=O)c2nc(-c3cc(C)cc(NCC(=O)NC)c3)nc3ccc(C)cc23)c1C. The second-order valence-corrected chi connectivity index (χ2v) is 9.26. The average molecular weight is 500 g/mol. The van der Waals surface area contributed by atoms with Gasteiger partial charge in [-0.1, -0.05) is 11.6 Å². The highest BCUT2D eigenvalue weighted by atomic mass is 16.2. The number of nitrogens with zero attached hydrogens (tertiary/aromatic N) is 5. The zero-order valence-corrected chi connectivity index (χ0v) is 22.2. The molecule has 0 atom stereocenters. The Hall–Kier alpha value is -4.27. The molecule has 0 bridgehead atoms. The number of anilines is 1. The molecule has 0 saturated carbocycles. The molecule has 2 N–H and O–H groups in total. The molecular weight excluding hydrogens is 466 g/mol. The van der Waals surface area contributed by atoms with E-state index >= 15 is 0 Å². The molecule has 0 unspecified atom stereocenters. The van der Waals surface area contributed by atoms with E-state index in [-0.39, 0.29) is 18.4 Å². The summed E-state index contributed by atoms with van der Waals surface area (Å²) in [7, 11) is 3.38. The largest absolute Gasteiger partial charge is 0.376 e. The quantitative estimate of drug-likeness (QED) is 0.381. The monoisotopic (exact) mass is 499 g/mol. The lowest BCUT2D eigenvalue weighted by Gasteiger charge is -2.18. The first-order valence-electron chi connectivity index (χ1n) is 12.3. The zero-order valence-electron chi connectivity index (χ0n) is 22.2. The first-order chi connectivity index (χ1) is 17.7. The van der Waals surface area contributed by atoms with Crippen LogP contribution in [0.4, 0.5) is 5.69 Å².